The molecule has 1 atom stereocenters. The molecule has 0 aliphatic heterocycles. The minimum atomic E-state index is -1.43. The van der Waals surface area contributed by atoms with Crippen molar-refractivity contribution in [2.75, 3.05) is 23.4 Å². The number of ether oxygens (including phenoxy) is 3. The molecule has 5 aromatic rings. The van der Waals surface area contributed by atoms with E-state index in [1.807, 2.05) is 109 Å². The Morgan fingerprint density at radius 2 is 1.33 bits per heavy atom. The first kappa shape index (κ1) is 31.7. The van der Waals surface area contributed by atoms with Crippen LogP contribution in [0.5, 0.6) is 23.0 Å². The molecule has 0 saturated carbocycles. The number of anilines is 2. The monoisotopic (exact) mass is 616 g/mol. The second-order valence-corrected chi connectivity index (χ2v) is 10.8. The molecule has 0 unspecified atom stereocenters. The number of carbonyl (C=O) groups excluding carboxylic acids is 1. The molecule has 0 heterocycles. The van der Waals surface area contributed by atoms with Crippen LogP contribution in [0.2, 0.25) is 0 Å². The lowest BCUT2D eigenvalue weighted by molar-refractivity contribution is -0.153. The predicted octanol–water partition coefficient (Wildman–Crippen LogP) is 8.45. The van der Waals surface area contributed by atoms with E-state index in [0.29, 0.717) is 48.3 Å². The minimum absolute atomic E-state index is 0.180. The molecule has 8 heteroatoms. The quantitative estimate of drug-likeness (QED) is 0.122. The standard InChI is InChI=1S/C38H36N2O6/c1-38(36(41)42,46-34-18-9-4-10-19-34)28-29-21-23-32(24-22-29)44-26-12-25-40(31-14-5-2-6-15-31)37(43)39-30-13-11-20-35(27-30)45-33-16-7-3-8-17-33/h2-11,13-24,27H,12,25-26,28H2,1H3,(H,39,43)(H,41,42)/t38-/m1/s1. The van der Waals surface area contributed by atoms with Gasteiger partial charge in [-0.05, 0) is 79.6 Å². The average Bonchev–Trinajstić information content (AvgIpc) is 3.07. The molecule has 2 N–H and O–H groups in total. The van der Waals surface area contributed by atoms with Gasteiger partial charge in [0.1, 0.15) is 23.0 Å². The van der Waals surface area contributed by atoms with Crippen LogP contribution in [0, 0.1) is 0 Å². The number of hydrogen-bond acceptors (Lipinski definition) is 5. The van der Waals surface area contributed by atoms with Crippen LogP contribution in [-0.2, 0) is 11.2 Å². The highest BCUT2D eigenvalue weighted by atomic mass is 16.5. The van der Waals surface area contributed by atoms with E-state index in [0.717, 1.165) is 11.3 Å². The number of aliphatic carboxylic acids is 1. The number of carboxylic acids is 1. The highest BCUT2D eigenvalue weighted by molar-refractivity contribution is 6.01. The van der Waals surface area contributed by atoms with Crippen molar-refractivity contribution in [3.05, 3.63) is 145 Å². The number of carboxylic acid groups (broad SMARTS) is 1. The number of carbonyl (C=O) groups is 2. The maximum atomic E-state index is 13.4. The van der Waals surface area contributed by atoms with E-state index in [2.05, 4.69) is 5.32 Å². The Morgan fingerprint density at radius 3 is 1.98 bits per heavy atom. The second kappa shape index (κ2) is 15.3. The summed E-state index contributed by atoms with van der Waals surface area (Å²) >= 11 is 0. The summed E-state index contributed by atoms with van der Waals surface area (Å²) in [5, 5.41) is 12.9. The highest BCUT2D eigenvalue weighted by Gasteiger charge is 2.36. The molecule has 0 aliphatic carbocycles. The van der Waals surface area contributed by atoms with Gasteiger partial charge in [-0.3, -0.25) is 4.90 Å². The van der Waals surface area contributed by atoms with E-state index in [-0.39, 0.29) is 12.5 Å². The first-order valence-electron chi connectivity index (χ1n) is 15.0. The van der Waals surface area contributed by atoms with Gasteiger partial charge >= 0.3 is 12.0 Å². The summed E-state index contributed by atoms with van der Waals surface area (Å²) in [7, 11) is 0. The van der Waals surface area contributed by atoms with Gasteiger partial charge in [-0.2, -0.15) is 0 Å². The van der Waals surface area contributed by atoms with Crippen molar-refractivity contribution in [2.24, 2.45) is 0 Å². The molecule has 0 aliphatic rings. The molecule has 5 aromatic carbocycles. The Bertz CT molecular complexity index is 1700. The Kier molecular flexibility index (Phi) is 10.5. The van der Waals surface area contributed by atoms with Crippen molar-refractivity contribution >= 4 is 23.4 Å². The van der Waals surface area contributed by atoms with E-state index in [1.165, 1.54) is 0 Å². The Hall–Kier alpha value is -5.76. The van der Waals surface area contributed by atoms with Crippen LogP contribution >= 0.6 is 0 Å². The predicted molar refractivity (Wildman–Crippen MR) is 179 cm³/mol. The van der Waals surface area contributed by atoms with Crippen molar-refractivity contribution in [1.29, 1.82) is 0 Å². The van der Waals surface area contributed by atoms with Gasteiger partial charge in [0.25, 0.3) is 0 Å². The molecule has 8 nitrogen and oxygen atoms in total. The Labute approximate surface area is 268 Å². The van der Waals surface area contributed by atoms with Crippen LogP contribution in [0.15, 0.2) is 140 Å². The van der Waals surface area contributed by atoms with Gasteiger partial charge in [-0.25, -0.2) is 9.59 Å². The molecular formula is C38H36N2O6. The van der Waals surface area contributed by atoms with Gasteiger partial charge in [0.05, 0.1) is 6.61 Å². The number of benzene rings is 5. The second-order valence-electron chi connectivity index (χ2n) is 10.8. The van der Waals surface area contributed by atoms with Gasteiger partial charge < -0.3 is 24.6 Å². The summed E-state index contributed by atoms with van der Waals surface area (Å²) < 4.78 is 17.7. The number of nitrogens with one attached hydrogen (secondary N) is 1. The number of urea groups is 1. The smallest absolute Gasteiger partial charge is 0.348 e. The number of rotatable bonds is 14. The fourth-order valence-corrected chi connectivity index (χ4v) is 4.82. The number of nitrogens with zero attached hydrogens (tertiary/aromatic N) is 1. The molecule has 0 fully saturated rings. The minimum Gasteiger partial charge on any atom is -0.494 e. The van der Waals surface area contributed by atoms with E-state index in [9.17, 15) is 14.7 Å². The lowest BCUT2D eigenvalue weighted by atomic mass is 9.96. The molecule has 5 rings (SSSR count). The maximum Gasteiger partial charge on any atom is 0.348 e. The van der Waals surface area contributed by atoms with E-state index < -0.39 is 11.6 Å². The molecule has 46 heavy (non-hydrogen) atoms. The van der Waals surface area contributed by atoms with Gasteiger partial charge in [-0.15, -0.1) is 0 Å². The zero-order valence-electron chi connectivity index (χ0n) is 25.5. The number of hydrogen-bond donors (Lipinski definition) is 2. The first-order chi connectivity index (χ1) is 22.4. The molecule has 234 valence electrons. The zero-order chi connectivity index (χ0) is 32.2. The zero-order valence-corrected chi connectivity index (χ0v) is 25.5. The van der Waals surface area contributed by atoms with Gasteiger partial charge in [0.15, 0.2) is 0 Å². The topological polar surface area (TPSA) is 97.3 Å². The van der Waals surface area contributed by atoms with Crippen LogP contribution in [0.4, 0.5) is 16.2 Å². The molecule has 0 spiro atoms. The van der Waals surface area contributed by atoms with Crippen molar-refractivity contribution in [2.45, 2.75) is 25.4 Å². The first-order valence-corrected chi connectivity index (χ1v) is 15.0. The summed E-state index contributed by atoms with van der Waals surface area (Å²) in [6, 6.07) is 42.2. The van der Waals surface area contributed by atoms with E-state index in [4.69, 9.17) is 14.2 Å². The van der Waals surface area contributed by atoms with Crippen molar-refractivity contribution in [3.8, 4) is 23.0 Å². The maximum absolute atomic E-state index is 13.4. The summed E-state index contributed by atoms with van der Waals surface area (Å²) in [5.41, 5.74) is 0.754. The van der Waals surface area contributed by atoms with Crippen LogP contribution in [-0.4, -0.2) is 35.9 Å². The van der Waals surface area contributed by atoms with Crippen molar-refractivity contribution < 1.29 is 28.9 Å². The summed E-state index contributed by atoms with van der Waals surface area (Å²) in [6.45, 7) is 2.36. The summed E-state index contributed by atoms with van der Waals surface area (Å²) in [5.74, 6) is 1.43. The fourth-order valence-electron chi connectivity index (χ4n) is 4.82. The molecule has 0 radical (unpaired) electrons. The molecule has 0 aromatic heterocycles. The highest BCUT2D eigenvalue weighted by Crippen LogP contribution is 2.26. The normalized spacial score (nSPS) is 11.9. The summed E-state index contributed by atoms with van der Waals surface area (Å²) in [6.07, 6.45) is 0.753. The number of para-hydroxylation sites is 3. The molecule has 0 bridgehead atoms. The van der Waals surface area contributed by atoms with E-state index in [1.54, 1.807) is 42.2 Å². The third-order valence-corrected chi connectivity index (χ3v) is 7.18. The largest absolute Gasteiger partial charge is 0.494 e. The Balaban J connectivity index is 1.16. The lowest BCUT2D eigenvalue weighted by Crippen LogP contribution is -2.43. The van der Waals surface area contributed by atoms with Gasteiger partial charge in [0.2, 0.25) is 5.60 Å². The van der Waals surface area contributed by atoms with Gasteiger partial charge in [-0.1, -0.05) is 72.8 Å². The number of amides is 2. The van der Waals surface area contributed by atoms with Gasteiger partial charge in [0, 0.05) is 30.4 Å². The van der Waals surface area contributed by atoms with Crippen molar-refractivity contribution in [1.82, 2.24) is 0 Å². The van der Waals surface area contributed by atoms with Crippen LogP contribution < -0.4 is 24.4 Å². The third-order valence-electron chi connectivity index (χ3n) is 7.18. The average molecular weight is 617 g/mol. The lowest BCUT2D eigenvalue weighted by Gasteiger charge is -2.26. The SMILES string of the molecule is C[C@](Cc1ccc(OCCCN(C(=O)Nc2cccc(Oc3ccccc3)c2)c2ccccc2)cc1)(Oc1ccccc1)C(=O)O. The molecular weight excluding hydrogens is 580 g/mol. The van der Waals surface area contributed by atoms with Crippen LogP contribution in [0.3, 0.4) is 0 Å². The molecule has 0 saturated heterocycles. The van der Waals surface area contributed by atoms with Crippen molar-refractivity contribution in [3.63, 3.8) is 0 Å². The third kappa shape index (κ3) is 8.89. The van der Waals surface area contributed by atoms with E-state index >= 15 is 0 Å². The summed E-state index contributed by atoms with van der Waals surface area (Å²) in [4.78, 5) is 27.2. The Morgan fingerprint density at radius 1 is 0.717 bits per heavy atom. The molecule has 2 amide bonds. The van der Waals surface area contributed by atoms with Crippen LogP contribution in [0.25, 0.3) is 0 Å². The fraction of sp³-hybridized carbons (Fsp3) is 0.158. The van der Waals surface area contributed by atoms with Crippen LogP contribution in [0.1, 0.15) is 18.9 Å².